The third-order valence-electron chi connectivity index (χ3n) is 5.59. The van der Waals surface area contributed by atoms with Crippen LogP contribution in [-0.4, -0.2) is 52.3 Å². The molecule has 2 aromatic carbocycles. The van der Waals surface area contributed by atoms with Gasteiger partial charge in [-0.2, -0.15) is 0 Å². The SMILES string of the molecule is Cc1nc2cc(Cl)ccc2c2c1nc(-c1ccccc1)n2CCN1CCOCC1. The van der Waals surface area contributed by atoms with Gasteiger partial charge in [0.1, 0.15) is 11.3 Å². The van der Waals surface area contributed by atoms with Crippen LogP contribution in [0.15, 0.2) is 48.5 Å². The highest BCUT2D eigenvalue weighted by Crippen LogP contribution is 2.32. The van der Waals surface area contributed by atoms with Gasteiger partial charge < -0.3 is 9.30 Å². The second-order valence-corrected chi connectivity index (χ2v) is 7.90. The van der Waals surface area contributed by atoms with E-state index < -0.39 is 0 Å². The Morgan fingerprint density at radius 2 is 1.79 bits per heavy atom. The van der Waals surface area contributed by atoms with Gasteiger partial charge in [0.05, 0.1) is 29.9 Å². The lowest BCUT2D eigenvalue weighted by molar-refractivity contribution is 0.0366. The molecule has 0 unspecified atom stereocenters. The van der Waals surface area contributed by atoms with E-state index in [4.69, 9.17) is 26.3 Å². The van der Waals surface area contributed by atoms with Crippen molar-refractivity contribution in [2.45, 2.75) is 13.5 Å². The Bertz CT molecular complexity index is 1170. The van der Waals surface area contributed by atoms with Crippen LogP contribution in [0.4, 0.5) is 0 Å². The normalized spacial score (nSPS) is 15.4. The van der Waals surface area contributed by atoms with E-state index in [1.54, 1.807) is 0 Å². The minimum Gasteiger partial charge on any atom is -0.379 e. The first-order valence-corrected chi connectivity index (χ1v) is 10.4. The summed E-state index contributed by atoms with van der Waals surface area (Å²) in [7, 11) is 0. The van der Waals surface area contributed by atoms with Crippen LogP contribution in [0.1, 0.15) is 5.69 Å². The molecule has 0 aliphatic carbocycles. The molecule has 4 aromatic rings. The molecule has 5 nitrogen and oxygen atoms in total. The zero-order valence-corrected chi connectivity index (χ0v) is 17.2. The Morgan fingerprint density at radius 3 is 2.59 bits per heavy atom. The number of imidazole rings is 1. The van der Waals surface area contributed by atoms with Crippen molar-refractivity contribution in [2.24, 2.45) is 0 Å². The average molecular weight is 407 g/mol. The number of ether oxygens (including phenoxy) is 1. The molecule has 1 saturated heterocycles. The number of halogens is 1. The van der Waals surface area contributed by atoms with Crippen molar-refractivity contribution in [1.29, 1.82) is 0 Å². The molecule has 1 aliphatic rings. The maximum Gasteiger partial charge on any atom is 0.141 e. The van der Waals surface area contributed by atoms with Crippen LogP contribution in [0, 0.1) is 6.92 Å². The number of fused-ring (bicyclic) bond motifs is 3. The molecule has 0 bridgehead atoms. The summed E-state index contributed by atoms with van der Waals surface area (Å²) < 4.78 is 7.86. The summed E-state index contributed by atoms with van der Waals surface area (Å²) in [6.45, 7) is 7.42. The van der Waals surface area contributed by atoms with Crippen LogP contribution in [0.2, 0.25) is 5.02 Å². The molecule has 0 amide bonds. The van der Waals surface area contributed by atoms with Crippen molar-refractivity contribution >= 4 is 33.5 Å². The summed E-state index contributed by atoms with van der Waals surface area (Å²) in [6.07, 6.45) is 0. The van der Waals surface area contributed by atoms with Gasteiger partial charge in [0.2, 0.25) is 0 Å². The van der Waals surface area contributed by atoms with Crippen molar-refractivity contribution in [3.8, 4) is 11.4 Å². The molecule has 0 spiro atoms. The topological polar surface area (TPSA) is 43.2 Å². The summed E-state index contributed by atoms with van der Waals surface area (Å²) in [6, 6.07) is 16.3. The van der Waals surface area contributed by atoms with Gasteiger partial charge in [-0.3, -0.25) is 9.88 Å². The van der Waals surface area contributed by atoms with Gasteiger partial charge in [-0.15, -0.1) is 0 Å². The average Bonchev–Trinajstić information content (AvgIpc) is 3.14. The van der Waals surface area contributed by atoms with Crippen LogP contribution in [0.5, 0.6) is 0 Å². The number of aryl methyl sites for hydroxylation is 1. The molecule has 0 atom stereocenters. The van der Waals surface area contributed by atoms with E-state index in [-0.39, 0.29) is 0 Å². The molecule has 3 heterocycles. The predicted octanol–water partition coefficient (Wildman–Crippen LogP) is 4.55. The number of morpholine rings is 1. The fourth-order valence-corrected chi connectivity index (χ4v) is 4.27. The lowest BCUT2D eigenvalue weighted by Crippen LogP contribution is -2.38. The van der Waals surface area contributed by atoms with Crippen molar-refractivity contribution in [3.05, 3.63) is 59.2 Å². The molecule has 148 valence electrons. The summed E-state index contributed by atoms with van der Waals surface area (Å²) in [4.78, 5) is 12.3. The number of aromatic nitrogens is 3. The number of hydrogen-bond donors (Lipinski definition) is 0. The molecule has 0 N–H and O–H groups in total. The smallest absolute Gasteiger partial charge is 0.141 e. The van der Waals surface area contributed by atoms with Crippen LogP contribution in [-0.2, 0) is 11.3 Å². The van der Waals surface area contributed by atoms with E-state index in [0.29, 0.717) is 5.02 Å². The van der Waals surface area contributed by atoms with E-state index in [9.17, 15) is 0 Å². The Kier molecular flexibility index (Phi) is 4.96. The quantitative estimate of drug-likeness (QED) is 0.499. The van der Waals surface area contributed by atoms with Crippen LogP contribution in [0.25, 0.3) is 33.3 Å². The summed E-state index contributed by atoms with van der Waals surface area (Å²) in [5, 5.41) is 1.79. The van der Waals surface area contributed by atoms with Gasteiger partial charge >= 0.3 is 0 Å². The second kappa shape index (κ2) is 7.75. The van der Waals surface area contributed by atoms with E-state index in [2.05, 4.69) is 39.8 Å². The molecule has 2 aromatic heterocycles. The van der Waals surface area contributed by atoms with Gasteiger partial charge in [0.15, 0.2) is 0 Å². The highest BCUT2D eigenvalue weighted by Gasteiger charge is 2.19. The van der Waals surface area contributed by atoms with E-state index in [0.717, 1.165) is 78.4 Å². The lowest BCUT2D eigenvalue weighted by Gasteiger charge is -2.27. The first-order valence-electron chi connectivity index (χ1n) is 10.0. The number of benzene rings is 2. The van der Waals surface area contributed by atoms with Gasteiger partial charge in [0.25, 0.3) is 0 Å². The molecule has 1 aliphatic heterocycles. The number of nitrogens with zero attached hydrogens (tertiary/aromatic N) is 4. The summed E-state index contributed by atoms with van der Waals surface area (Å²) in [5.74, 6) is 0.987. The molecule has 6 heteroatoms. The van der Waals surface area contributed by atoms with Gasteiger partial charge in [0, 0.05) is 42.2 Å². The lowest BCUT2D eigenvalue weighted by atomic mass is 10.1. The van der Waals surface area contributed by atoms with Gasteiger partial charge in [-0.05, 0) is 25.1 Å². The zero-order valence-electron chi connectivity index (χ0n) is 16.4. The first kappa shape index (κ1) is 18.6. The molecule has 5 rings (SSSR count). The minimum atomic E-state index is 0.700. The van der Waals surface area contributed by atoms with Crippen LogP contribution < -0.4 is 0 Å². The maximum atomic E-state index is 6.24. The Hall–Kier alpha value is -2.47. The fraction of sp³-hybridized carbons (Fsp3) is 0.304. The predicted molar refractivity (Wildman–Crippen MR) is 117 cm³/mol. The minimum absolute atomic E-state index is 0.700. The summed E-state index contributed by atoms with van der Waals surface area (Å²) >= 11 is 6.24. The van der Waals surface area contributed by atoms with Crippen LogP contribution >= 0.6 is 11.6 Å². The Balaban J connectivity index is 1.70. The van der Waals surface area contributed by atoms with Crippen molar-refractivity contribution in [3.63, 3.8) is 0 Å². The van der Waals surface area contributed by atoms with E-state index in [1.807, 2.05) is 25.1 Å². The first-order chi connectivity index (χ1) is 14.2. The number of hydrogen-bond acceptors (Lipinski definition) is 4. The van der Waals surface area contributed by atoms with Crippen molar-refractivity contribution < 1.29 is 4.74 Å². The van der Waals surface area contributed by atoms with Crippen molar-refractivity contribution in [2.75, 3.05) is 32.8 Å². The standard InChI is InChI=1S/C23H23ClN4O/c1-16-21-22(19-8-7-18(24)15-20(19)25-16)28(10-9-27-11-13-29-14-12-27)23(26-21)17-5-3-2-4-6-17/h2-8,15H,9-14H2,1H3. The molecular weight excluding hydrogens is 384 g/mol. The van der Waals surface area contributed by atoms with Gasteiger partial charge in [-0.1, -0.05) is 41.9 Å². The van der Waals surface area contributed by atoms with Gasteiger partial charge in [-0.25, -0.2) is 4.98 Å². The monoisotopic (exact) mass is 406 g/mol. The largest absolute Gasteiger partial charge is 0.379 e. The molecule has 0 saturated carbocycles. The number of rotatable bonds is 4. The third kappa shape index (κ3) is 3.50. The van der Waals surface area contributed by atoms with Crippen LogP contribution in [0.3, 0.4) is 0 Å². The van der Waals surface area contributed by atoms with Crippen molar-refractivity contribution in [1.82, 2.24) is 19.4 Å². The van der Waals surface area contributed by atoms with E-state index >= 15 is 0 Å². The van der Waals surface area contributed by atoms with E-state index in [1.165, 1.54) is 0 Å². The third-order valence-corrected chi connectivity index (χ3v) is 5.82. The maximum absolute atomic E-state index is 6.24. The zero-order chi connectivity index (χ0) is 19.8. The number of pyridine rings is 1. The fourth-order valence-electron chi connectivity index (χ4n) is 4.10. The highest BCUT2D eigenvalue weighted by atomic mass is 35.5. The Labute approximate surface area is 174 Å². The molecule has 29 heavy (non-hydrogen) atoms. The molecular formula is C23H23ClN4O. The molecule has 0 radical (unpaired) electrons. The Morgan fingerprint density at radius 1 is 1.00 bits per heavy atom. The molecule has 1 fully saturated rings. The second-order valence-electron chi connectivity index (χ2n) is 7.46. The highest BCUT2D eigenvalue weighted by molar-refractivity contribution is 6.31. The summed E-state index contributed by atoms with van der Waals surface area (Å²) in [5.41, 5.74) is 5.05.